The molecule has 6 nitrogen and oxygen atoms in total. The van der Waals surface area contributed by atoms with Gasteiger partial charge in [0.05, 0.1) is 12.2 Å². The van der Waals surface area contributed by atoms with Crippen LogP contribution in [0.2, 0.25) is 0 Å². The van der Waals surface area contributed by atoms with Crippen LogP contribution < -0.4 is 0 Å². The van der Waals surface area contributed by atoms with E-state index in [1.165, 1.54) is 44.9 Å². The molecular formula is C21H38O6S. The minimum absolute atomic E-state index is 0.0374. The van der Waals surface area contributed by atoms with Crippen LogP contribution in [0.25, 0.3) is 0 Å². The van der Waals surface area contributed by atoms with E-state index >= 15 is 0 Å². The first-order valence-electron chi connectivity index (χ1n) is 10.9. The van der Waals surface area contributed by atoms with Crippen molar-refractivity contribution in [2.45, 2.75) is 90.8 Å². The molecular weight excluding hydrogens is 380 g/mol. The van der Waals surface area contributed by atoms with Crippen LogP contribution in [0.4, 0.5) is 0 Å². The summed E-state index contributed by atoms with van der Waals surface area (Å²) in [6, 6.07) is 0. The zero-order valence-corrected chi connectivity index (χ0v) is 18.2. The molecule has 0 aromatic rings. The maximum absolute atomic E-state index is 10.3. The van der Waals surface area contributed by atoms with Gasteiger partial charge in [-0.3, -0.25) is 9.11 Å². The van der Waals surface area contributed by atoms with E-state index in [0.29, 0.717) is 16.7 Å². The second kappa shape index (κ2) is 7.80. The molecule has 7 heteroatoms. The van der Waals surface area contributed by atoms with E-state index in [0.717, 1.165) is 36.5 Å². The second-order valence-corrected chi connectivity index (χ2v) is 11.4. The fourth-order valence-electron chi connectivity index (χ4n) is 8.07. The molecule has 9 atom stereocenters. The maximum atomic E-state index is 10.3. The van der Waals surface area contributed by atoms with E-state index < -0.39 is 10.4 Å². The molecule has 0 aromatic heterocycles. The highest BCUT2D eigenvalue weighted by Gasteiger charge is 2.60. The van der Waals surface area contributed by atoms with Gasteiger partial charge in [0, 0.05) is 0 Å². The van der Waals surface area contributed by atoms with E-state index in [2.05, 4.69) is 13.8 Å². The molecule has 1 unspecified atom stereocenters. The summed E-state index contributed by atoms with van der Waals surface area (Å²) in [5.41, 5.74) is 0.860. The van der Waals surface area contributed by atoms with Gasteiger partial charge in [0.2, 0.25) is 0 Å². The van der Waals surface area contributed by atoms with Gasteiger partial charge in [-0.05, 0) is 105 Å². The van der Waals surface area contributed by atoms with Crippen LogP contribution in [-0.2, 0) is 10.4 Å². The number of hydrogen-bond donors (Lipinski definition) is 4. The zero-order chi connectivity index (χ0) is 20.9. The first-order chi connectivity index (χ1) is 12.9. The number of hydrogen-bond acceptors (Lipinski definition) is 4. The Kier molecular flexibility index (Phi) is 6.26. The smallest absolute Gasteiger partial charge is 0.393 e. The third kappa shape index (κ3) is 4.15. The van der Waals surface area contributed by atoms with Crippen molar-refractivity contribution in [3.63, 3.8) is 0 Å². The normalized spacial score (nSPS) is 49.1. The maximum Gasteiger partial charge on any atom is 0.394 e. The van der Waals surface area contributed by atoms with Gasteiger partial charge in [-0.2, -0.15) is 8.42 Å². The number of rotatable bonds is 1. The SMILES string of the molecule is CC(O)[C@H]1CC[C@H]2[C@@H]3CC[C@@H]4C[C@H](O)CC[C@]4(C)[C@H]3CC[C@]12C.O=S(=O)(O)O. The summed E-state index contributed by atoms with van der Waals surface area (Å²) in [5.74, 6) is 3.87. The van der Waals surface area contributed by atoms with E-state index in [-0.39, 0.29) is 12.2 Å². The van der Waals surface area contributed by atoms with Gasteiger partial charge in [-0.15, -0.1) is 0 Å². The summed E-state index contributed by atoms with van der Waals surface area (Å²) in [4.78, 5) is 0. The number of fused-ring (bicyclic) bond motifs is 5. The fourth-order valence-corrected chi connectivity index (χ4v) is 8.07. The van der Waals surface area contributed by atoms with Gasteiger partial charge in [0.1, 0.15) is 0 Å². The molecule has 0 spiro atoms. The Bertz CT molecular complexity index is 656. The van der Waals surface area contributed by atoms with Gasteiger partial charge in [0.15, 0.2) is 0 Å². The Morgan fingerprint density at radius 1 is 0.893 bits per heavy atom. The second-order valence-electron chi connectivity index (χ2n) is 10.5. The third-order valence-corrected chi connectivity index (χ3v) is 9.29. The molecule has 4 aliphatic rings. The Labute approximate surface area is 169 Å². The largest absolute Gasteiger partial charge is 0.394 e. The minimum atomic E-state index is -4.67. The van der Waals surface area contributed by atoms with Crippen LogP contribution in [0.15, 0.2) is 0 Å². The van der Waals surface area contributed by atoms with E-state index in [9.17, 15) is 10.2 Å². The molecule has 0 saturated heterocycles. The molecule has 0 aromatic carbocycles. The molecule has 4 saturated carbocycles. The van der Waals surface area contributed by atoms with E-state index in [1.807, 2.05) is 6.92 Å². The monoisotopic (exact) mass is 418 g/mol. The van der Waals surface area contributed by atoms with Crippen LogP contribution in [0.5, 0.6) is 0 Å². The van der Waals surface area contributed by atoms with Crippen molar-refractivity contribution in [2.24, 2.45) is 40.4 Å². The van der Waals surface area contributed by atoms with Crippen LogP contribution >= 0.6 is 0 Å². The lowest BCUT2D eigenvalue weighted by Gasteiger charge is -2.61. The highest BCUT2D eigenvalue weighted by molar-refractivity contribution is 7.79. The lowest BCUT2D eigenvalue weighted by molar-refractivity contribution is -0.132. The summed E-state index contributed by atoms with van der Waals surface area (Å²) < 4.78 is 31.6. The summed E-state index contributed by atoms with van der Waals surface area (Å²) in [5, 5.41) is 20.4. The first-order valence-corrected chi connectivity index (χ1v) is 12.3. The molecule has 0 amide bonds. The van der Waals surface area contributed by atoms with E-state index in [1.54, 1.807) is 0 Å². The van der Waals surface area contributed by atoms with Crippen molar-refractivity contribution in [2.75, 3.05) is 0 Å². The predicted octanol–water partition coefficient (Wildman–Crippen LogP) is 3.73. The van der Waals surface area contributed by atoms with E-state index in [4.69, 9.17) is 17.5 Å². The Morgan fingerprint density at radius 3 is 2.07 bits per heavy atom. The minimum Gasteiger partial charge on any atom is -0.393 e. The Hall–Kier alpha value is -0.210. The Morgan fingerprint density at radius 2 is 1.46 bits per heavy atom. The third-order valence-electron chi connectivity index (χ3n) is 9.29. The van der Waals surface area contributed by atoms with Gasteiger partial charge >= 0.3 is 10.4 Å². The lowest BCUT2D eigenvalue weighted by Crippen LogP contribution is -2.54. The average Bonchev–Trinajstić information content (AvgIpc) is 2.91. The van der Waals surface area contributed by atoms with Crippen molar-refractivity contribution in [3.05, 3.63) is 0 Å². The van der Waals surface area contributed by atoms with Crippen LogP contribution in [0, 0.1) is 40.4 Å². The van der Waals surface area contributed by atoms with Crippen molar-refractivity contribution >= 4 is 10.4 Å². The molecule has 4 N–H and O–H groups in total. The molecule has 4 rings (SSSR count). The van der Waals surface area contributed by atoms with Crippen LogP contribution in [0.3, 0.4) is 0 Å². The predicted molar refractivity (Wildman–Crippen MR) is 107 cm³/mol. The van der Waals surface area contributed by atoms with Gasteiger partial charge < -0.3 is 10.2 Å². The molecule has 4 fully saturated rings. The summed E-state index contributed by atoms with van der Waals surface area (Å²) >= 11 is 0. The Balaban J connectivity index is 0.000000403. The van der Waals surface area contributed by atoms with Gasteiger partial charge in [-0.1, -0.05) is 13.8 Å². The van der Waals surface area contributed by atoms with Crippen molar-refractivity contribution in [1.29, 1.82) is 0 Å². The molecule has 0 aliphatic heterocycles. The molecule has 0 bridgehead atoms. The fraction of sp³-hybridized carbons (Fsp3) is 1.00. The summed E-state index contributed by atoms with van der Waals surface area (Å²) in [7, 11) is -4.67. The number of aliphatic hydroxyl groups is 2. The number of aliphatic hydroxyl groups excluding tert-OH is 2. The lowest BCUT2D eigenvalue weighted by atomic mass is 9.44. The molecule has 164 valence electrons. The highest BCUT2D eigenvalue weighted by atomic mass is 32.3. The molecule has 0 heterocycles. The zero-order valence-electron chi connectivity index (χ0n) is 17.4. The van der Waals surface area contributed by atoms with Crippen molar-refractivity contribution < 1.29 is 27.7 Å². The van der Waals surface area contributed by atoms with Crippen molar-refractivity contribution in [1.82, 2.24) is 0 Å². The first kappa shape index (κ1) is 22.5. The van der Waals surface area contributed by atoms with Crippen molar-refractivity contribution in [3.8, 4) is 0 Å². The average molecular weight is 419 g/mol. The highest BCUT2D eigenvalue weighted by Crippen LogP contribution is 2.67. The van der Waals surface area contributed by atoms with Gasteiger partial charge in [0.25, 0.3) is 0 Å². The molecule has 28 heavy (non-hydrogen) atoms. The summed E-state index contributed by atoms with van der Waals surface area (Å²) in [6.07, 6.45) is 11.1. The molecule has 0 radical (unpaired) electrons. The van der Waals surface area contributed by atoms with Gasteiger partial charge in [-0.25, -0.2) is 0 Å². The summed E-state index contributed by atoms with van der Waals surface area (Å²) in [6.45, 7) is 7.08. The molecule has 4 aliphatic carbocycles. The van der Waals surface area contributed by atoms with Crippen LogP contribution in [-0.4, -0.2) is 39.9 Å². The standard InChI is InChI=1S/C21H36O2.H2O4S/c1-13(22)17-6-7-18-16-5-4-14-12-15(23)8-10-20(14,2)19(16)9-11-21(17,18)3;1-5(2,3)4/h13-19,22-23H,4-12H2,1-3H3;(H2,1,2,3,4)/t13?,14-,15-,16+,17-,18+,19+,20+,21-;/m1./s1. The van der Waals surface area contributed by atoms with Crippen LogP contribution in [0.1, 0.15) is 78.6 Å². The topological polar surface area (TPSA) is 115 Å². The quantitative estimate of drug-likeness (QED) is 0.482.